The van der Waals surface area contributed by atoms with Gasteiger partial charge in [0.05, 0.1) is 55.8 Å². The lowest BCUT2D eigenvalue weighted by molar-refractivity contribution is 1.14. The molecule has 0 aliphatic rings. The number of hydrogen-bond donors (Lipinski definition) is 0. The maximum absolute atomic E-state index is 12.1. The second kappa shape index (κ2) is 13.8. The van der Waals surface area contributed by atoms with Gasteiger partial charge < -0.3 is 9.13 Å². The number of hydrogen-bond acceptors (Lipinski definition) is 4. The molecule has 0 saturated carbocycles. The molecule has 15 rings (SSSR count). The number of nitriles is 1. The Balaban J connectivity index is 1.25. The summed E-state index contributed by atoms with van der Waals surface area (Å²) in [6, 6.07) is 66.9. The van der Waals surface area contributed by atoms with Crippen molar-refractivity contribution in [2.75, 3.05) is 0 Å². The van der Waals surface area contributed by atoms with Crippen molar-refractivity contribution in [1.82, 2.24) is 14.1 Å². The quantitative estimate of drug-likeness (QED) is 0.131. The van der Waals surface area contributed by atoms with E-state index >= 15 is 0 Å². The Labute approximate surface area is 396 Å². The lowest BCUT2D eigenvalue weighted by atomic mass is 9.88. The van der Waals surface area contributed by atoms with Crippen molar-refractivity contribution < 1.29 is 0 Å². The predicted octanol–water partition coefficient (Wildman–Crippen LogP) is 17.5. The molecule has 68 heavy (non-hydrogen) atoms. The average molecular weight is 898 g/mol. The van der Waals surface area contributed by atoms with E-state index < -0.39 is 0 Å². The van der Waals surface area contributed by atoms with Crippen LogP contribution in [0.3, 0.4) is 0 Å². The fourth-order valence-electron chi connectivity index (χ4n) is 11.6. The van der Waals surface area contributed by atoms with Crippen molar-refractivity contribution in [3.8, 4) is 39.7 Å². The van der Waals surface area contributed by atoms with E-state index in [1.165, 1.54) is 35.6 Å². The van der Waals surface area contributed by atoms with Crippen LogP contribution in [0.4, 0.5) is 5.69 Å². The second-order valence-electron chi connectivity index (χ2n) is 17.5. The topological polar surface area (TPSA) is 50.9 Å². The Bertz CT molecular complexity index is 4660. The van der Waals surface area contributed by atoms with Crippen LogP contribution >= 0.6 is 22.7 Å². The second-order valence-corrected chi connectivity index (χ2v) is 19.6. The number of benzene rings is 10. The Hall–Kier alpha value is -8.85. The van der Waals surface area contributed by atoms with E-state index in [1.54, 1.807) is 11.3 Å². The molecule has 0 aliphatic heterocycles. The number of fused-ring (bicyclic) bond motifs is 14. The first-order valence-electron chi connectivity index (χ1n) is 22.6. The van der Waals surface area contributed by atoms with Crippen molar-refractivity contribution >= 4 is 134 Å². The van der Waals surface area contributed by atoms with Crippen LogP contribution in [0.1, 0.15) is 5.56 Å². The fraction of sp³-hybridized carbons (Fsp3) is 0. The molecule has 10 aromatic carbocycles. The maximum atomic E-state index is 12.1. The third kappa shape index (κ3) is 4.78. The summed E-state index contributed by atoms with van der Waals surface area (Å²) in [5.41, 5.74) is 10.4. The summed E-state index contributed by atoms with van der Waals surface area (Å²) < 4.78 is 9.52. The molecule has 0 spiro atoms. The largest absolute Gasteiger partial charge is 0.318 e. The van der Waals surface area contributed by atoms with Gasteiger partial charge in [-0.2, -0.15) is 5.26 Å². The Kier molecular flexibility index (Phi) is 7.61. The standard InChI is InChI=1S/C61H31N5S2/c1-63-57-50(34-15-4-2-5-16-34)43(33-62)58(51(35-17-6-3-7-18-35)60(57)65-44-24-12-21-37-38-23-14-32-64-56(38)41-22-13-25-45(65)53(41)52(37)44)66-46-30-31-49-55(40-20-9-11-27-48(40)67-49)54(46)42-29-28-39-36-19-8-10-26-47(36)68-61(39)59(42)66/h2-32H. The molecule has 0 N–H and O–H groups in total. The summed E-state index contributed by atoms with van der Waals surface area (Å²) in [6.45, 7) is 9.34. The van der Waals surface area contributed by atoms with E-state index in [9.17, 15) is 11.8 Å². The Morgan fingerprint density at radius 1 is 0.456 bits per heavy atom. The molecule has 0 bridgehead atoms. The number of thiophene rings is 2. The van der Waals surface area contributed by atoms with Gasteiger partial charge in [-0.3, -0.25) is 4.98 Å². The predicted molar refractivity (Wildman–Crippen MR) is 287 cm³/mol. The van der Waals surface area contributed by atoms with Crippen molar-refractivity contribution in [1.29, 1.82) is 5.26 Å². The average Bonchev–Trinajstić information content (AvgIpc) is 4.16. The summed E-state index contributed by atoms with van der Waals surface area (Å²) in [5, 5.41) is 24.6. The third-order valence-corrected chi connectivity index (χ3v) is 16.5. The van der Waals surface area contributed by atoms with E-state index in [0.717, 1.165) is 98.1 Å². The van der Waals surface area contributed by atoms with Gasteiger partial charge in [0.15, 0.2) is 0 Å². The lowest BCUT2D eigenvalue weighted by Crippen LogP contribution is -2.08. The normalized spacial score (nSPS) is 12.1. The summed E-state index contributed by atoms with van der Waals surface area (Å²) in [4.78, 5) is 9.54. The molecule has 0 radical (unpaired) electrons. The van der Waals surface area contributed by atoms with E-state index in [2.05, 4.69) is 160 Å². The fourth-order valence-corrected chi connectivity index (χ4v) is 13.9. The molecule has 0 fully saturated rings. The summed E-state index contributed by atoms with van der Waals surface area (Å²) >= 11 is 3.61. The third-order valence-electron chi connectivity index (χ3n) is 14.2. The van der Waals surface area contributed by atoms with Crippen LogP contribution in [-0.4, -0.2) is 14.1 Å². The van der Waals surface area contributed by atoms with Gasteiger partial charge in [-0.1, -0.05) is 140 Å². The molecule has 5 heterocycles. The molecular weight excluding hydrogens is 867 g/mol. The van der Waals surface area contributed by atoms with Gasteiger partial charge in [0.1, 0.15) is 6.07 Å². The van der Waals surface area contributed by atoms with Crippen LogP contribution in [0.2, 0.25) is 0 Å². The van der Waals surface area contributed by atoms with E-state index in [0.29, 0.717) is 16.8 Å². The molecule has 15 aromatic rings. The van der Waals surface area contributed by atoms with E-state index in [4.69, 9.17) is 4.98 Å². The van der Waals surface area contributed by atoms with Crippen LogP contribution in [0.5, 0.6) is 0 Å². The Morgan fingerprint density at radius 2 is 1.06 bits per heavy atom. The number of pyridine rings is 1. The minimum absolute atomic E-state index is 0.416. The maximum Gasteiger partial charge on any atom is 0.220 e. The van der Waals surface area contributed by atoms with Crippen LogP contribution in [-0.2, 0) is 0 Å². The van der Waals surface area contributed by atoms with Crippen molar-refractivity contribution in [2.45, 2.75) is 0 Å². The SMILES string of the molecule is [C-]#[N+]c1c(-c2ccccc2)c(C#N)c(-n2c3ccc4sc5ccccc5c4c3c3ccc4c5ccccc5sc4c32)c(-c2ccccc2)c1-n1c2cccc3c4cccnc4c4cccc1c4c32. The van der Waals surface area contributed by atoms with Crippen molar-refractivity contribution in [3.63, 3.8) is 0 Å². The molecule has 0 aliphatic carbocycles. The number of nitrogens with zero attached hydrogens (tertiary/aromatic N) is 5. The zero-order valence-electron chi connectivity index (χ0n) is 36.0. The first kappa shape index (κ1) is 37.4. The highest BCUT2D eigenvalue weighted by molar-refractivity contribution is 7.27. The summed E-state index contributed by atoms with van der Waals surface area (Å²) in [5.74, 6) is 0. The van der Waals surface area contributed by atoms with Crippen LogP contribution in [0.15, 0.2) is 188 Å². The van der Waals surface area contributed by atoms with Gasteiger partial charge >= 0.3 is 0 Å². The summed E-state index contributed by atoms with van der Waals surface area (Å²) in [7, 11) is 0. The number of aromatic nitrogens is 3. The monoisotopic (exact) mass is 897 g/mol. The molecular formula is C61H31N5S2. The summed E-state index contributed by atoms with van der Waals surface area (Å²) in [6.07, 6.45) is 1.87. The zero-order chi connectivity index (χ0) is 44.8. The highest BCUT2D eigenvalue weighted by Gasteiger charge is 2.33. The molecule has 0 atom stereocenters. The molecule has 5 aromatic heterocycles. The molecule has 0 saturated heterocycles. The van der Waals surface area contributed by atoms with Crippen LogP contribution in [0.25, 0.3) is 144 Å². The first-order valence-corrected chi connectivity index (χ1v) is 24.2. The van der Waals surface area contributed by atoms with Crippen LogP contribution in [0, 0.1) is 17.9 Å². The van der Waals surface area contributed by atoms with Gasteiger partial charge in [0, 0.05) is 85.3 Å². The first-order chi connectivity index (χ1) is 33.7. The zero-order valence-corrected chi connectivity index (χ0v) is 37.6. The lowest BCUT2D eigenvalue weighted by Gasteiger charge is -2.26. The van der Waals surface area contributed by atoms with Crippen molar-refractivity contribution in [2.24, 2.45) is 0 Å². The highest BCUT2D eigenvalue weighted by Crippen LogP contribution is 2.55. The van der Waals surface area contributed by atoms with Gasteiger partial charge in [-0.25, -0.2) is 4.85 Å². The number of rotatable bonds is 4. The minimum Gasteiger partial charge on any atom is -0.318 e. The highest BCUT2D eigenvalue weighted by atomic mass is 32.1. The molecule has 312 valence electrons. The van der Waals surface area contributed by atoms with Crippen LogP contribution < -0.4 is 0 Å². The molecule has 0 amide bonds. The minimum atomic E-state index is 0.416. The van der Waals surface area contributed by atoms with E-state index in [1.807, 2.05) is 60.0 Å². The molecule has 7 heteroatoms. The van der Waals surface area contributed by atoms with Gasteiger partial charge in [-0.15, -0.1) is 22.7 Å². The van der Waals surface area contributed by atoms with Gasteiger partial charge in [-0.05, 0) is 59.0 Å². The van der Waals surface area contributed by atoms with Crippen molar-refractivity contribution in [3.05, 3.63) is 205 Å². The molecule has 0 unspecified atom stereocenters. The smallest absolute Gasteiger partial charge is 0.220 e. The Morgan fingerprint density at radius 3 is 1.81 bits per heavy atom. The molecule has 5 nitrogen and oxygen atoms in total. The van der Waals surface area contributed by atoms with E-state index in [-0.39, 0.29) is 0 Å². The van der Waals surface area contributed by atoms with Gasteiger partial charge in [0.2, 0.25) is 5.69 Å². The van der Waals surface area contributed by atoms with Gasteiger partial charge in [0.25, 0.3) is 0 Å².